The Labute approximate surface area is 170 Å². The molecule has 2 heterocycles. The van der Waals surface area contributed by atoms with Gasteiger partial charge in [0.25, 0.3) is 5.56 Å². The van der Waals surface area contributed by atoms with Gasteiger partial charge in [0.1, 0.15) is 6.33 Å². The number of thioether (sulfide) groups is 1. The molecule has 0 unspecified atom stereocenters. The van der Waals surface area contributed by atoms with E-state index in [1.54, 1.807) is 16.7 Å². The Morgan fingerprint density at radius 3 is 2.69 bits per heavy atom. The second-order valence-corrected chi connectivity index (χ2v) is 7.22. The van der Waals surface area contributed by atoms with Crippen molar-refractivity contribution < 1.29 is 4.79 Å². The number of fused-ring (bicyclic) bond motifs is 1. The van der Waals surface area contributed by atoms with Gasteiger partial charge in [-0.1, -0.05) is 54.2 Å². The Morgan fingerprint density at radius 2 is 1.90 bits per heavy atom. The molecule has 0 aliphatic heterocycles. The normalized spacial score (nSPS) is 10.9. The van der Waals surface area contributed by atoms with Crippen molar-refractivity contribution in [2.45, 2.75) is 18.1 Å². The van der Waals surface area contributed by atoms with E-state index in [1.165, 1.54) is 18.1 Å². The van der Waals surface area contributed by atoms with Gasteiger partial charge < -0.3 is 0 Å². The maximum atomic E-state index is 13.1. The predicted molar refractivity (Wildman–Crippen MR) is 112 cm³/mol. The molecule has 2 N–H and O–H groups in total. The van der Waals surface area contributed by atoms with E-state index in [1.807, 2.05) is 42.5 Å². The SMILES string of the molecule is O=C(CSc1nc2ccccc2c(=O)n1CCc1ccccc1)Nc1ncn[nH]1. The summed E-state index contributed by atoms with van der Waals surface area (Å²) in [7, 11) is 0. The minimum absolute atomic E-state index is 0.0941. The number of benzene rings is 2. The molecule has 9 heteroatoms. The molecule has 0 saturated heterocycles. The maximum absolute atomic E-state index is 13.1. The molecule has 8 nitrogen and oxygen atoms in total. The van der Waals surface area contributed by atoms with Gasteiger partial charge in [-0.05, 0) is 24.1 Å². The van der Waals surface area contributed by atoms with Gasteiger partial charge in [-0.25, -0.2) is 10.1 Å². The smallest absolute Gasteiger partial charge is 0.262 e. The van der Waals surface area contributed by atoms with Gasteiger partial charge in [0, 0.05) is 6.54 Å². The minimum atomic E-state index is -0.260. The van der Waals surface area contributed by atoms with Crippen molar-refractivity contribution in [1.29, 1.82) is 0 Å². The number of anilines is 1. The summed E-state index contributed by atoms with van der Waals surface area (Å²) in [6.45, 7) is 0.479. The highest BCUT2D eigenvalue weighted by molar-refractivity contribution is 7.99. The lowest BCUT2D eigenvalue weighted by molar-refractivity contribution is -0.113. The van der Waals surface area contributed by atoms with E-state index in [2.05, 4.69) is 25.5 Å². The number of para-hydroxylation sites is 1. The Morgan fingerprint density at radius 1 is 1.10 bits per heavy atom. The van der Waals surface area contributed by atoms with E-state index in [-0.39, 0.29) is 23.2 Å². The number of hydrogen-bond acceptors (Lipinski definition) is 6. The second-order valence-electron chi connectivity index (χ2n) is 6.27. The second kappa shape index (κ2) is 8.70. The first-order chi connectivity index (χ1) is 14.2. The van der Waals surface area contributed by atoms with Gasteiger partial charge >= 0.3 is 0 Å². The summed E-state index contributed by atoms with van der Waals surface area (Å²) < 4.78 is 1.64. The monoisotopic (exact) mass is 406 g/mol. The number of aromatic nitrogens is 5. The Kier molecular flexibility index (Phi) is 5.66. The van der Waals surface area contributed by atoms with Crippen molar-refractivity contribution in [1.82, 2.24) is 24.7 Å². The van der Waals surface area contributed by atoms with E-state index >= 15 is 0 Å². The van der Waals surface area contributed by atoms with Gasteiger partial charge in [0.15, 0.2) is 5.16 Å². The maximum Gasteiger partial charge on any atom is 0.262 e. The van der Waals surface area contributed by atoms with Crippen LogP contribution in [0.15, 0.2) is 70.9 Å². The van der Waals surface area contributed by atoms with Crippen molar-refractivity contribution in [2.24, 2.45) is 0 Å². The lowest BCUT2D eigenvalue weighted by Crippen LogP contribution is -2.25. The molecule has 0 aliphatic carbocycles. The Balaban J connectivity index is 1.58. The largest absolute Gasteiger partial charge is 0.294 e. The highest BCUT2D eigenvalue weighted by atomic mass is 32.2. The molecule has 2 aromatic heterocycles. The van der Waals surface area contributed by atoms with E-state index in [4.69, 9.17) is 0 Å². The number of nitrogens with zero attached hydrogens (tertiary/aromatic N) is 4. The van der Waals surface area contributed by atoms with Gasteiger partial charge in [-0.15, -0.1) is 0 Å². The fourth-order valence-corrected chi connectivity index (χ4v) is 3.73. The van der Waals surface area contributed by atoms with Crippen molar-refractivity contribution in [3.63, 3.8) is 0 Å². The number of H-pyrrole nitrogens is 1. The number of hydrogen-bond donors (Lipinski definition) is 2. The molecule has 0 saturated carbocycles. The van der Waals surface area contributed by atoms with Crippen LogP contribution in [-0.2, 0) is 17.8 Å². The van der Waals surface area contributed by atoms with Gasteiger partial charge in [0.05, 0.1) is 16.7 Å². The standard InChI is InChI=1S/C20H18N6O2S/c27-17(24-19-21-13-22-25-19)12-29-20-23-16-9-5-4-8-15(16)18(28)26(20)11-10-14-6-2-1-3-7-14/h1-9,13H,10-12H2,(H2,21,22,24,25,27). The van der Waals surface area contributed by atoms with Crippen molar-refractivity contribution in [3.05, 3.63) is 76.8 Å². The summed E-state index contributed by atoms with van der Waals surface area (Å²) >= 11 is 1.22. The first kappa shape index (κ1) is 18.9. The summed E-state index contributed by atoms with van der Waals surface area (Å²) in [6.07, 6.45) is 2.01. The molecule has 2 aromatic carbocycles. The van der Waals surface area contributed by atoms with Gasteiger partial charge in [0.2, 0.25) is 11.9 Å². The molecule has 0 radical (unpaired) electrons. The zero-order valence-corrected chi connectivity index (χ0v) is 16.2. The summed E-state index contributed by atoms with van der Waals surface area (Å²) in [5.41, 5.74) is 1.64. The lowest BCUT2D eigenvalue weighted by Gasteiger charge is -2.13. The van der Waals surface area contributed by atoms with E-state index in [9.17, 15) is 9.59 Å². The van der Waals surface area contributed by atoms with E-state index in [0.29, 0.717) is 29.0 Å². The molecular weight excluding hydrogens is 388 g/mol. The number of aromatic amines is 1. The number of rotatable bonds is 7. The van der Waals surface area contributed by atoms with Crippen molar-refractivity contribution >= 4 is 34.5 Å². The molecule has 0 atom stereocenters. The first-order valence-corrected chi connectivity index (χ1v) is 10.0. The average Bonchev–Trinajstić information content (AvgIpc) is 3.25. The first-order valence-electron chi connectivity index (χ1n) is 9.02. The Bertz CT molecular complexity index is 1170. The number of carbonyl (C=O) groups is 1. The summed E-state index contributed by atoms with van der Waals surface area (Å²) in [6, 6.07) is 17.2. The zero-order chi connectivity index (χ0) is 20.1. The van der Waals surface area contributed by atoms with Crippen LogP contribution >= 0.6 is 11.8 Å². The zero-order valence-electron chi connectivity index (χ0n) is 15.4. The summed E-state index contributed by atoms with van der Waals surface area (Å²) in [5, 5.41) is 9.96. The fourth-order valence-electron chi connectivity index (χ4n) is 2.90. The molecule has 0 aliphatic rings. The highest BCUT2D eigenvalue weighted by Gasteiger charge is 2.14. The van der Waals surface area contributed by atoms with Crippen LogP contribution in [0.3, 0.4) is 0 Å². The molecule has 4 rings (SSSR count). The van der Waals surface area contributed by atoms with Crippen LogP contribution in [0.1, 0.15) is 5.56 Å². The summed E-state index contributed by atoms with van der Waals surface area (Å²) in [5.74, 6) is 0.115. The molecule has 0 bridgehead atoms. The van der Waals surface area contributed by atoms with Crippen molar-refractivity contribution in [2.75, 3.05) is 11.1 Å². The van der Waals surface area contributed by atoms with E-state index < -0.39 is 0 Å². The molecular formula is C20H18N6O2S. The van der Waals surface area contributed by atoms with E-state index in [0.717, 1.165) is 5.56 Å². The molecule has 146 valence electrons. The molecule has 29 heavy (non-hydrogen) atoms. The minimum Gasteiger partial charge on any atom is -0.294 e. The molecule has 0 fully saturated rings. The fraction of sp³-hybridized carbons (Fsp3) is 0.150. The molecule has 1 amide bonds. The van der Waals surface area contributed by atoms with Crippen LogP contribution < -0.4 is 10.9 Å². The van der Waals surface area contributed by atoms with Crippen LogP contribution in [0, 0.1) is 0 Å². The third-order valence-electron chi connectivity index (χ3n) is 4.30. The molecule has 0 spiro atoms. The van der Waals surface area contributed by atoms with Crippen LogP contribution in [0.5, 0.6) is 0 Å². The molecule has 4 aromatic rings. The number of aryl methyl sites for hydroxylation is 1. The van der Waals surface area contributed by atoms with Crippen LogP contribution in [-0.4, -0.2) is 36.4 Å². The van der Waals surface area contributed by atoms with Crippen LogP contribution in [0.4, 0.5) is 5.95 Å². The number of amides is 1. The highest BCUT2D eigenvalue weighted by Crippen LogP contribution is 2.18. The van der Waals surface area contributed by atoms with Crippen LogP contribution in [0.25, 0.3) is 10.9 Å². The quantitative estimate of drug-likeness (QED) is 0.361. The third kappa shape index (κ3) is 4.52. The topological polar surface area (TPSA) is 106 Å². The number of nitrogens with one attached hydrogen (secondary N) is 2. The predicted octanol–water partition coefficient (Wildman–Crippen LogP) is 2.49. The average molecular weight is 406 g/mol. The number of carbonyl (C=O) groups excluding carboxylic acids is 1. The third-order valence-corrected chi connectivity index (χ3v) is 5.28. The summed E-state index contributed by atoms with van der Waals surface area (Å²) in [4.78, 5) is 33.7. The van der Waals surface area contributed by atoms with Gasteiger partial charge in [-0.3, -0.25) is 19.5 Å². The van der Waals surface area contributed by atoms with Crippen LogP contribution in [0.2, 0.25) is 0 Å². The van der Waals surface area contributed by atoms with Gasteiger partial charge in [-0.2, -0.15) is 10.1 Å². The van der Waals surface area contributed by atoms with Crippen molar-refractivity contribution in [3.8, 4) is 0 Å². The lowest BCUT2D eigenvalue weighted by atomic mass is 10.1. The Hall–Kier alpha value is -3.46.